The highest BCUT2D eigenvalue weighted by Crippen LogP contribution is 2.18. The van der Waals surface area contributed by atoms with E-state index in [0.717, 1.165) is 0 Å². The number of hydrogen-bond acceptors (Lipinski definition) is 0. The van der Waals surface area contributed by atoms with Crippen molar-refractivity contribution >= 4 is 0 Å². The molecule has 1 aromatic rings. The standard InChI is InChI=1S/C50H94/c1-3-5-7-9-11-13-15-17-19-21-23-25-27-29-31-33-35-37-39-41-43-49-45-47-50(48-46-49)44-42-40-38-36-34-32-30-28-26-24-22-20-18-16-14-12-10-8-6-4-2/h45-48H,3-44H2,1-2H3. The fraction of sp³-hybridized carbons (Fsp3) is 0.880. The molecule has 294 valence electrons. The van der Waals surface area contributed by atoms with Crippen LogP contribution in [0.4, 0.5) is 0 Å². The molecule has 50 heavy (non-hydrogen) atoms. The van der Waals surface area contributed by atoms with Crippen LogP contribution in [0.2, 0.25) is 0 Å². The predicted molar refractivity (Wildman–Crippen MR) is 230 cm³/mol. The van der Waals surface area contributed by atoms with E-state index in [1.807, 2.05) is 0 Å². The average Bonchev–Trinajstić information content (AvgIpc) is 3.13. The molecule has 0 radical (unpaired) electrons. The van der Waals surface area contributed by atoms with Crippen molar-refractivity contribution in [2.45, 2.75) is 284 Å². The van der Waals surface area contributed by atoms with Gasteiger partial charge in [-0.3, -0.25) is 0 Å². The molecule has 1 rings (SSSR count). The largest absolute Gasteiger partial charge is 0.0654 e. The van der Waals surface area contributed by atoms with Gasteiger partial charge in [0, 0.05) is 0 Å². The van der Waals surface area contributed by atoms with Gasteiger partial charge in [0.15, 0.2) is 0 Å². The quantitative estimate of drug-likeness (QED) is 0.0598. The third-order valence-corrected chi connectivity index (χ3v) is 11.7. The lowest BCUT2D eigenvalue weighted by Crippen LogP contribution is -1.90. The molecule has 0 atom stereocenters. The first-order chi connectivity index (χ1) is 24.9. The lowest BCUT2D eigenvalue weighted by Gasteiger charge is -2.06. The number of aryl methyl sites for hydroxylation is 2. The van der Waals surface area contributed by atoms with Crippen LogP contribution in [0.1, 0.15) is 282 Å². The summed E-state index contributed by atoms with van der Waals surface area (Å²) in [5.74, 6) is 0. The second-order valence-electron chi connectivity index (χ2n) is 16.8. The molecule has 0 aliphatic carbocycles. The maximum absolute atomic E-state index is 2.42. The molecule has 1 aromatic carbocycles. The second-order valence-corrected chi connectivity index (χ2v) is 16.8. The van der Waals surface area contributed by atoms with Crippen molar-refractivity contribution in [2.75, 3.05) is 0 Å². The topological polar surface area (TPSA) is 0 Å². The lowest BCUT2D eigenvalue weighted by molar-refractivity contribution is 0.521. The summed E-state index contributed by atoms with van der Waals surface area (Å²) in [6, 6.07) is 9.67. The molecule has 0 aliphatic rings. The first kappa shape index (κ1) is 47.2. The van der Waals surface area contributed by atoms with E-state index < -0.39 is 0 Å². The maximum atomic E-state index is 2.42. The molecular formula is C50H94. The normalized spacial score (nSPS) is 11.6. The minimum absolute atomic E-state index is 1.28. The maximum Gasteiger partial charge on any atom is -0.0279 e. The molecule has 0 heteroatoms. The van der Waals surface area contributed by atoms with Crippen LogP contribution in [0.25, 0.3) is 0 Å². The Morgan fingerprint density at radius 3 is 0.500 bits per heavy atom. The molecule has 0 nitrogen and oxygen atoms in total. The molecule has 0 amide bonds. The third-order valence-electron chi connectivity index (χ3n) is 11.7. The Morgan fingerprint density at radius 2 is 0.340 bits per heavy atom. The van der Waals surface area contributed by atoms with Gasteiger partial charge in [0.1, 0.15) is 0 Å². The van der Waals surface area contributed by atoms with Crippen LogP contribution >= 0.6 is 0 Å². The number of rotatable bonds is 42. The molecule has 0 saturated heterocycles. The molecule has 0 spiro atoms. The van der Waals surface area contributed by atoms with Crippen LogP contribution < -0.4 is 0 Å². The molecule has 0 aromatic heterocycles. The van der Waals surface area contributed by atoms with E-state index in [1.165, 1.54) is 270 Å². The molecule has 0 heterocycles. The van der Waals surface area contributed by atoms with Gasteiger partial charge >= 0.3 is 0 Å². The summed E-state index contributed by atoms with van der Waals surface area (Å²) in [6.45, 7) is 4.62. The van der Waals surface area contributed by atoms with Crippen LogP contribution in [0.5, 0.6) is 0 Å². The van der Waals surface area contributed by atoms with Crippen LogP contribution in [0.15, 0.2) is 24.3 Å². The fourth-order valence-corrected chi connectivity index (χ4v) is 8.04. The number of hydrogen-bond donors (Lipinski definition) is 0. The number of unbranched alkanes of at least 4 members (excludes halogenated alkanes) is 38. The first-order valence-corrected chi connectivity index (χ1v) is 23.9. The summed E-state index contributed by atoms with van der Waals surface area (Å²) in [7, 11) is 0. The van der Waals surface area contributed by atoms with Crippen LogP contribution in [0, 0.1) is 0 Å². The Balaban J connectivity index is 1.76. The summed E-state index contributed by atoms with van der Waals surface area (Å²) in [5.41, 5.74) is 3.11. The van der Waals surface area contributed by atoms with Gasteiger partial charge in [0.2, 0.25) is 0 Å². The van der Waals surface area contributed by atoms with Crippen molar-refractivity contribution in [1.29, 1.82) is 0 Å². The van der Waals surface area contributed by atoms with Crippen molar-refractivity contribution in [1.82, 2.24) is 0 Å². The Hall–Kier alpha value is -0.780. The van der Waals surface area contributed by atoms with Gasteiger partial charge in [0.25, 0.3) is 0 Å². The summed E-state index contributed by atoms with van der Waals surface area (Å²) >= 11 is 0. The van der Waals surface area contributed by atoms with E-state index in [2.05, 4.69) is 38.1 Å². The SMILES string of the molecule is CCCCCCCCCCCCCCCCCCCCCCc1ccc(CCCCCCCCCCCCCCCCCCCCCC)cc1. The summed E-state index contributed by atoms with van der Waals surface area (Å²) in [4.78, 5) is 0. The zero-order valence-corrected chi connectivity index (χ0v) is 35.0. The Labute approximate surface area is 317 Å². The van der Waals surface area contributed by atoms with Gasteiger partial charge in [-0.15, -0.1) is 0 Å². The van der Waals surface area contributed by atoms with E-state index in [4.69, 9.17) is 0 Å². The van der Waals surface area contributed by atoms with Gasteiger partial charge in [-0.2, -0.15) is 0 Å². The van der Waals surface area contributed by atoms with Crippen LogP contribution in [0.3, 0.4) is 0 Å². The van der Waals surface area contributed by atoms with Gasteiger partial charge in [0.05, 0.1) is 0 Å². The third kappa shape index (κ3) is 35.6. The Bertz CT molecular complexity index is 668. The summed E-state index contributed by atoms with van der Waals surface area (Å²) in [6.07, 6.45) is 60.9. The van der Waals surface area contributed by atoms with Crippen molar-refractivity contribution in [3.05, 3.63) is 35.4 Å². The summed E-state index contributed by atoms with van der Waals surface area (Å²) < 4.78 is 0. The van der Waals surface area contributed by atoms with Crippen LogP contribution in [-0.2, 0) is 12.8 Å². The molecule has 0 unspecified atom stereocenters. The molecular weight excluding hydrogens is 601 g/mol. The highest BCUT2D eigenvalue weighted by Gasteiger charge is 2.00. The molecule has 0 N–H and O–H groups in total. The van der Waals surface area contributed by atoms with Crippen molar-refractivity contribution in [2.24, 2.45) is 0 Å². The zero-order valence-electron chi connectivity index (χ0n) is 35.0. The lowest BCUT2D eigenvalue weighted by atomic mass is 10.0. The molecule has 0 bridgehead atoms. The van der Waals surface area contributed by atoms with Gasteiger partial charge in [-0.05, 0) is 36.8 Å². The fourth-order valence-electron chi connectivity index (χ4n) is 8.04. The van der Waals surface area contributed by atoms with Gasteiger partial charge in [-0.25, -0.2) is 0 Å². The van der Waals surface area contributed by atoms with E-state index in [9.17, 15) is 0 Å². The van der Waals surface area contributed by atoms with Crippen LogP contribution in [-0.4, -0.2) is 0 Å². The van der Waals surface area contributed by atoms with E-state index in [-0.39, 0.29) is 0 Å². The van der Waals surface area contributed by atoms with Gasteiger partial charge < -0.3 is 0 Å². The first-order valence-electron chi connectivity index (χ1n) is 23.9. The predicted octanol–water partition coefficient (Wildman–Crippen LogP) is 18.4. The zero-order chi connectivity index (χ0) is 35.7. The molecule has 0 fully saturated rings. The minimum Gasteiger partial charge on any atom is -0.0654 e. The highest BCUT2D eigenvalue weighted by molar-refractivity contribution is 5.22. The van der Waals surface area contributed by atoms with Crippen molar-refractivity contribution < 1.29 is 0 Å². The van der Waals surface area contributed by atoms with Crippen molar-refractivity contribution in [3.8, 4) is 0 Å². The summed E-state index contributed by atoms with van der Waals surface area (Å²) in [5, 5.41) is 0. The minimum atomic E-state index is 1.28. The van der Waals surface area contributed by atoms with E-state index in [1.54, 1.807) is 11.1 Å². The van der Waals surface area contributed by atoms with E-state index >= 15 is 0 Å². The van der Waals surface area contributed by atoms with E-state index in [0.29, 0.717) is 0 Å². The monoisotopic (exact) mass is 695 g/mol. The Kier molecular flexibility index (Phi) is 38.7. The number of benzene rings is 1. The molecule has 0 aliphatic heterocycles. The van der Waals surface area contributed by atoms with Gasteiger partial charge in [-0.1, -0.05) is 282 Å². The highest BCUT2D eigenvalue weighted by atomic mass is 14.1. The van der Waals surface area contributed by atoms with Crippen molar-refractivity contribution in [3.63, 3.8) is 0 Å². The second kappa shape index (κ2) is 41.0. The average molecular weight is 695 g/mol. The smallest absolute Gasteiger partial charge is 0.0279 e. The molecule has 0 saturated carbocycles. The Morgan fingerprint density at radius 1 is 0.200 bits per heavy atom.